The van der Waals surface area contributed by atoms with Crippen LogP contribution in [0.3, 0.4) is 0 Å². The number of halogens is 2. The van der Waals surface area contributed by atoms with Crippen LogP contribution >= 0.6 is 23.2 Å². The van der Waals surface area contributed by atoms with Gasteiger partial charge in [-0.15, -0.1) is 0 Å². The topological polar surface area (TPSA) is 132 Å². The Kier molecular flexibility index (Phi) is 7.74. The van der Waals surface area contributed by atoms with Crippen LogP contribution in [0.4, 0.5) is 17.5 Å². The maximum Gasteiger partial charge on any atom is 0.341 e. The Hall–Kier alpha value is -3.50. The van der Waals surface area contributed by atoms with Gasteiger partial charge >= 0.3 is 5.97 Å². The number of nitro groups is 1. The molecule has 0 amide bonds. The monoisotopic (exact) mass is 476 g/mol. The first-order chi connectivity index (χ1) is 15.4. The van der Waals surface area contributed by atoms with E-state index in [0.717, 1.165) is 0 Å². The standard InChI is InChI=1S/C20H18Cl2N6O4/c1-2-32-19(29)14-11-26-20(27-18(14)12-3-5-15(21)16(22)9-12)24-8-7-23-17-6-4-13(10-25-17)28(30)31/h3-6,9-11H,2,7-8H2,1H3,(H,23,25)(H,24,26,27). The van der Waals surface area contributed by atoms with Crippen LogP contribution in [0.2, 0.25) is 10.0 Å². The van der Waals surface area contributed by atoms with Crippen LogP contribution in [-0.2, 0) is 4.74 Å². The molecule has 166 valence electrons. The molecule has 0 bridgehead atoms. The third-order valence-electron chi connectivity index (χ3n) is 4.15. The average molecular weight is 477 g/mol. The summed E-state index contributed by atoms with van der Waals surface area (Å²) in [5.74, 6) is 0.232. The van der Waals surface area contributed by atoms with Gasteiger partial charge in [-0.2, -0.15) is 0 Å². The predicted molar refractivity (Wildman–Crippen MR) is 121 cm³/mol. The van der Waals surface area contributed by atoms with E-state index in [0.29, 0.717) is 40.2 Å². The number of aromatic nitrogens is 3. The molecule has 3 aromatic rings. The van der Waals surface area contributed by atoms with E-state index in [1.54, 1.807) is 25.1 Å². The van der Waals surface area contributed by atoms with Gasteiger partial charge in [0.1, 0.15) is 17.6 Å². The number of esters is 1. The molecular formula is C20H18Cl2N6O4. The Morgan fingerprint density at radius 2 is 1.88 bits per heavy atom. The fraction of sp³-hybridized carbons (Fsp3) is 0.200. The second kappa shape index (κ2) is 10.7. The first kappa shape index (κ1) is 23.2. The summed E-state index contributed by atoms with van der Waals surface area (Å²) in [4.78, 5) is 35.1. The lowest BCUT2D eigenvalue weighted by atomic mass is 10.1. The first-order valence-corrected chi connectivity index (χ1v) is 10.2. The van der Waals surface area contributed by atoms with Gasteiger partial charge in [-0.3, -0.25) is 10.1 Å². The number of ether oxygens (including phenoxy) is 1. The van der Waals surface area contributed by atoms with Crippen LogP contribution in [0, 0.1) is 10.1 Å². The van der Waals surface area contributed by atoms with Gasteiger partial charge < -0.3 is 15.4 Å². The molecule has 1 aromatic carbocycles. The van der Waals surface area contributed by atoms with E-state index in [4.69, 9.17) is 27.9 Å². The molecule has 10 nitrogen and oxygen atoms in total. The van der Waals surface area contributed by atoms with Gasteiger partial charge in [-0.05, 0) is 25.1 Å². The molecule has 2 N–H and O–H groups in total. The number of hydrogen-bond acceptors (Lipinski definition) is 9. The molecule has 12 heteroatoms. The Morgan fingerprint density at radius 3 is 2.53 bits per heavy atom. The van der Waals surface area contributed by atoms with Gasteiger partial charge in [0.15, 0.2) is 0 Å². The molecule has 0 aliphatic rings. The lowest BCUT2D eigenvalue weighted by Gasteiger charge is -2.12. The van der Waals surface area contributed by atoms with Crippen LogP contribution in [0.1, 0.15) is 17.3 Å². The highest BCUT2D eigenvalue weighted by Crippen LogP contribution is 2.30. The van der Waals surface area contributed by atoms with Crippen molar-refractivity contribution >= 4 is 46.6 Å². The van der Waals surface area contributed by atoms with Crippen molar-refractivity contribution < 1.29 is 14.5 Å². The van der Waals surface area contributed by atoms with Crippen molar-refractivity contribution in [3.8, 4) is 11.3 Å². The van der Waals surface area contributed by atoms with Crippen molar-refractivity contribution in [2.45, 2.75) is 6.92 Å². The molecular weight excluding hydrogens is 459 g/mol. The van der Waals surface area contributed by atoms with Gasteiger partial charge in [0.25, 0.3) is 5.69 Å². The molecule has 2 heterocycles. The van der Waals surface area contributed by atoms with Crippen molar-refractivity contribution in [1.29, 1.82) is 0 Å². The molecule has 0 saturated heterocycles. The number of anilines is 2. The minimum absolute atomic E-state index is 0.0846. The maximum atomic E-state index is 12.3. The van der Waals surface area contributed by atoms with E-state index >= 15 is 0 Å². The molecule has 3 rings (SSSR count). The van der Waals surface area contributed by atoms with Gasteiger partial charge in [-0.25, -0.2) is 19.7 Å². The zero-order valence-electron chi connectivity index (χ0n) is 16.8. The van der Waals surface area contributed by atoms with E-state index in [-0.39, 0.29) is 23.8 Å². The predicted octanol–water partition coefficient (Wildman–Crippen LogP) is 4.45. The lowest BCUT2D eigenvalue weighted by Crippen LogP contribution is -2.17. The molecule has 0 aliphatic heterocycles. The van der Waals surface area contributed by atoms with Crippen molar-refractivity contribution in [2.24, 2.45) is 0 Å². The Morgan fingerprint density at radius 1 is 1.09 bits per heavy atom. The summed E-state index contributed by atoms with van der Waals surface area (Å²) < 4.78 is 5.10. The largest absolute Gasteiger partial charge is 0.462 e. The fourth-order valence-electron chi connectivity index (χ4n) is 2.65. The van der Waals surface area contributed by atoms with Crippen LogP contribution in [0.15, 0.2) is 42.7 Å². The number of hydrogen-bond donors (Lipinski definition) is 2. The highest BCUT2D eigenvalue weighted by molar-refractivity contribution is 6.42. The number of rotatable bonds is 9. The summed E-state index contributed by atoms with van der Waals surface area (Å²) in [5.41, 5.74) is 1.05. The smallest absolute Gasteiger partial charge is 0.341 e. The van der Waals surface area contributed by atoms with E-state index in [2.05, 4.69) is 25.6 Å². The number of nitrogens with zero attached hydrogens (tertiary/aromatic N) is 4. The summed E-state index contributed by atoms with van der Waals surface area (Å²) in [5, 5.41) is 17.5. The molecule has 0 unspecified atom stereocenters. The van der Waals surface area contributed by atoms with E-state index in [9.17, 15) is 14.9 Å². The summed E-state index contributed by atoms with van der Waals surface area (Å²) in [6, 6.07) is 7.81. The highest BCUT2D eigenvalue weighted by Gasteiger charge is 2.18. The normalized spacial score (nSPS) is 10.5. The molecule has 0 spiro atoms. The van der Waals surface area contributed by atoms with Crippen molar-refractivity contribution in [2.75, 3.05) is 30.3 Å². The fourth-order valence-corrected chi connectivity index (χ4v) is 2.95. The van der Waals surface area contributed by atoms with Crippen molar-refractivity contribution in [3.05, 3.63) is 68.4 Å². The van der Waals surface area contributed by atoms with E-state index in [1.165, 1.54) is 24.5 Å². The average Bonchev–Trinajstić information content (AvgIpc) is 2.79. The Bertz CT molecular complexity index is 1130. The molecule has 0 aliphatic carbocycles. The SMILES string of the molecule is CCOC(=O)c1cnc(NCCNc2ccc([N+](=O)[O-])cn2)nc1-c1ccc(Cl)c(Cl)c1. The third-order valence-corrected chi connectivity index (χ3v) is 4.89. The number of pyridine rings is 1. The Labute approximate surface area is 193 Å². The molecule has 2 aromatic heterocycles. The number of benzene rings is 1. The lowest BCUT2D eigenvalue weighted by molar-refractivity contribution is -0.385. The zero-order valence-corrected chi connectivity index (χ0v) is 18.4. The van der Waals surface area contributed by atoms with Crippen LogP contribution in [-0.4, -0.2) is 45.5 Å². The van der Waals surface area contributed by atoms with E-state index < -0.39 is 10.9 Å². The minimum Gasteiger partial charge on any atom is -0.462 e. The van der Waals surface area contributed by atoms with Crippen LogP contribution in [0.25, 0.3) is 11.3 Å². The van der Waals surface area contributed by atoms with Gasteiger partial charge in [-0.1, -0.05) is 29.3 Å². The van der Waals surface area contributed by atoms with Crippen LogP contribution in [0.5, 0.6) is 0 Å². The molecule has 0 radical (unpaired) electrons. The van der Waals surface area contributed by atoms with E-state index in [1.807, 2.05) is 0 Å². The van der Waals surface area contributed by atoms with Crippen LogP contribution < -0.4 is 10.6 Å². The molecule has 32 heavy (non-hydrogen) atoms. The third kappa shape index (κ3) is 5.80. The number of nitrogens with one attached hydrogen (secondary N) is 2. The summed E-state index contributed by atoms with van der Waals surface area (Å²) in [7, 11) is 0. The number of carbonyl (C=O) groups excluding carboxylic acids is 1. The van der Waals surface area contributed by atoms with Gasteiger partial charge in [0.05, 0.1) is 27.3 Å². The summed E-state index contributed by atoms with van der Waals surface area (Å²) >= 11 is 12.1. The maximum absolute atomic E-state index is 12.3. The highest BCUT2D eigenvalue weighted by atomic mass is 35.5. The molecule has 0 saturated carbocycles. The van der Waals surface area contributed by atoms with Crippen molar-refractivity contribution in [3.63, 3.8) is 0 Å². The molecule has 0 fully saturated rings. The summed E-state index contributed by atoms with van der Waals surface area (Å²) in [6.07, 6.45) is 2.56. The van der Waals surface area contributed by atoms with Crippen molar-refractivity contribution in [1.82, 2.24) is 15.0 Å². The number of carbonyl (C=O) groups is 1. The molecule has 0 atom stereocenters. The summed E-state index contributed by atoms with van der Waals surface area (Å²) in [6.45, 7) is 2.77. The van der Waals surface area contributed by atoms with Gasteiger partial charge in [0.2, 0.25) is 5.95 Å². The second-order valence-electron chi connectivity index (χ2n) is 6.32. The quantitative estimate of drug-likeness (QED) is 0.198. The second-order valence-corrected chi connectivity index (χ2v) is 7.13. The Balaban J connectivity index is 1.72. The van der Waals surface area contributed by atoms with Gasteiger partial charge in [0, 0.05) is 30.9 Å². The minimum atomic E-state index is -0.550. The first-order valence-electron chi connectivity index (χ1n) is 9.46. The zero-order chi connectivity index (χ0) is 23.1.